The van der Waals surface area contributed by atoms with Crippen LogP contribution in [0.1, 0.15) is 21.7 Å². The molecule has 8 heteroatoms. The van der Waals surface area contributed by atoms with Gasteiger partial charge in [-0.05, 0) is 49.7 Å². The van der Waals surface area contributed by atoms with Crippen LogP contribution in [0.2, 0.25) is 0 Å². The zero-order valence-electron chi connectivity index (χ0n) is 13.4. The number of thiophene rings is 1. The Morgan fingerprint density at radius 3 is 2.71 bits per heavy atom. The van der Waals surface area contributed by atoms with Crippen LogP contribution in [-0.4, -0.2) is 34.5 Å². The van der Waals surface area contributed by atoms with Gasteiger partial charge < -0.3 is 10.6 Å². The average Bonchev–Trinajstić information content (AvgIpc) is 3.10. The van der Waals surface area contributed by atoms with E-state index in [1.54, 1.807) is 12.1 Å². The van der Waals surface area contributed by atoms with Crippen LogP contribution in [0.4, 0.5) is 0 Å². The van der Waals surface area contributed by atoms with E-state index >= 15 is 0 Å². The highest BCUT2D eigenvalue weighted by atomic mass is 32.2. The Balaban J connectivity index is 2.01. The maximum absolute atomic E-state index is 12.4. The molecule has 1 aromatic carbocycles. The zero-order valence-corrected chi connectivity index (χ0v) is 15.0. The third kappa shape index (κ3) is 5.41. The number of carbonyl (C=O) groups is 1. The van der Waals surface area contributed by atoms with Crippen LogP contribution in [0, 0.1) is 0 Å². The van der Waals surface area contributed by atoms with Crippen LogP contribution in [0.3, 0.4) is 0 Å². The fourth-order valence-corrected chi connectivity index (χ4v) is 3.82. The van der Waals surface area contributed by atoms with E-state index in [0.717, 1.165) is 17.8 Å². The van der Waals surface area contributed by atoms with Gasteiger partial charge in [0, 0.05) is 23.5 Å². The molecule has 24 heavy (non-hydrogen) atoms. The summed E-state index contributed by atoms with van der Waals surface area (Å²) in [5, 5.41) is 7.66. The molecule has 3 N–H and O–H groups in total. The van der Waals surface area contributed by atoms with Gasteiger partial charge in [0.2, 0.25) is 10.0 Å². The lowest BCUT2D eigenvalue weighted by Crippen LogP contribution is -2.27. The van der Waals surface area contributed by atoms with Gasteiger partial charge in [-0.3, -0.25) is 4.79 Å². The molecule has 0 bridgehead atoms. The predicted octanol–water partition coefficient (Wildman–Crippen LogP) is 1.57. The van der Waals surface area contributed by atoms with Crippen molar-refractivity contribution in [1.82, 2.24) is 15.4 Å². The van der Waals surface area contributed by atoms with Crippen molar-refractivity contribution in [2.75, 3.05) is 20.1 Å². The SMILES string of the molecule is CNCCCNC(=O)c1cccc(S(=O)(=O)NCc2cccs2)c1. The van der Waals surface area contributed by atoms with Crippen LogP contribution >= 0.6 is 11.3 Å². The lowest BCUT2D eigenvalue weighted by molar-refractivity contribution is 0.0953. The molecule has 0 saturated heterocycles. The van der Waals surface area contributed by atoms with Gasteiger partial charge in [-0.1, -0.05) is 12.1 Å². The van der Waals surface area contributed by atoms with E-state index in [9.17, 15) is 13.2 Å². The molecule has 1 aromatic heterocycles. The molecule has 0 unspecified atom stereocenters. The summed E-state index contributed by atoms with van der Waals surface area (Å²) < 4.78 is 27.3. The molecule has 0 aliphatic rings. The molecule has 2 rings (SSSR count). The molecule has 0 radical (unpaired) electrons. The maximum atomic E-state index is 12.4. The van der Waals surface area contributed by atoms with E-state index in [1.165, 1.54) is 23.5 Å². The molecule has 0 spiro atoms. The number of hydrogen-bond donors (Lipinski definition) is 3. The summed E-state index contributed by atoms with van der Waals surface area (Å²) in [7, 11) is -1.81. The molecular formula is C16H21N3O3S2. The molecule has 0 atom stereocenters. The van der Waals surface area contributed by atoms with Crippen molar-refractivity contribution in [2.45, 2.75) is 17.9 Å². The largest absolute Gasteiger partial charge is 0.352 e. The number of amides is 1. The Bertz CT molecular complexity index is 759. The third-order valence-corrected chi connectivity index (χ3v) is 5.59. The molecule has 1 amide bonds. The number of carbonyl (C=O) groups excluding carboxylic acids is 1. The van der Waals surface area contributed by atoms with E-state index in [4.69, 9.17) is 0 Å². The standard InChI is InChI=1S/C16H21N3O3S2/c1-17-8-4-9-18-16(20)13-5-2-7-15(11-13)24(21,22)19-12-14-6-3-10-23-14/h2-3,5-7,10-11,17,19H,4,8-9,12H2,1H3,(H,18,20). The molecule has 0 aliphatic heterocycles. The normalized spacial score (nSPS) is 11.4. The van der Waals surface area contributed by atoms with Gasteiger partial charge in [-0.2, -0.15) is 0 Å². The molecule has 0 saturated carbocycles. The van der Waals surface area contributed by atoms with Gasteiger partial charge in [-0.15, -0.1) is 11.3 Å². The molecule has 0 aliphatic carbocycles. The van der Waals surface area contributed by atoms with Crippen molar-refractivity contribution >= 4 is 27.3 Å². The van der Waals surface area contributed by atoms with Crippen LogP contribution in [0.5, 0.6) is 0 Å². The Labute approximate surface area is 146 Å². The lowest BCUT2D eigenvalue weighted by atomic mass is 10.2. The Morgan fingerprint density at radius 1 is 1.17 bits per heavy atom. The van der Waals surface area contributed by atoms with Crippen molar-refractivity contribution in [3.8, 4) is 0 Å². The van der Waals surface area contributed by atoms with Gasteiger partial charge >= 0.3 is 0 Å². The average molecular weight is 367 g/mol. The van der Waals surface area contributed by atoms with Crippen molar-refractivity contribution in [2.24, 2.45) is 0 Å². The van der Waals surface area contributed by atoms with Crippen molar-refractivity contribution in [1.29, 1.82) is 0 Å². The van der Waals surface area contributed by atoms with E-state index in [1.807, 2.05) is 24.6 Å². The van der Waals surface area contributed by atoms with Gasteiger partial charge in [-0.25, -0.2) is 13.1 Å². The summed E-state index contributed by atoms with van der Waals surface area (Å²) in [6.07, 6.45) is 0.808. The monoisotopic (exact) mass is 367 g/mol. The lowest BCUT2D eigenvalue weighted by Gasteiger charge is -2.08. The van der Waals surface area contributed by atoms with Crippen molar-refractivity contribution in [3.05, 3.63) is 52.2 Å². The van der Waals surface area contributed by atoms with Crippen molar-refractivity contribution < 1.29 is 13.2 Å². The summed E-state index contributed by atoms with van der Waals surface area (Å²) in [5.41, 5.74) is 0.332. The fourth-order valence-electron chi connectivity index (χ4n) is 2.04. The minimum absolute atomic E-state index is 0.0851. The van der Waals surface area contributed by atoms with E-state index in [0.29, 0.717) is 12.1 Å². The topological polar surface area (TPSA) is 87.3 Å². The predicted molar refractivity (Wildman–Crippen MR) is 95.7 cm³/mol. The van der Waals surface area contributed by atoms with Crippen LogP contribution in [0.25, 0.3) is 0 Å². The molecule has 130 valence electrons. The van der Waals surface area contributed by atoms with Gasteiger partial charge in [0.15, 0.2) is 0 Å². The van der Waals surface area contributed by atoms with Crippen LogP contribution in [-0.2, 0) is 16.6 Å². The highest BCUT2D eigenvalue weighted by Crippen LogP contribution is 2.14. The number of nitrogens with one attached hydrogen (secondary N) is 3. The Kier molecular flexibility index (Phi) is 6.92. The summed E-state index contributed by atoms with van der Waals surface area (Å²) in [4.78, 5) is 13.1. The smallest absolute Gasteiger partial charge is 0.251 e. The second-order valence-corrected chi connectivity index (χ2v) is 7.94. The van der Waals surface area contributed by atoms with E-state index in [-0.39, 0.29) is 17.3 Å². The minimum atomic E-state index is -3.65. The highest BCUT2D eigenvalue weighted by molar-refractivity contribution is 7.89. The Hall–Kier alpha value is -1.74. The van der Waals surface area contributed by atoms with Gasteiger partial charge in [0.25, 0.3) is 5.91 Å². The molecule has 2 aromatic rings. The first kappa shape index (κ1) is 18.6. The van der Waals surface area contributed by atoms with E-state index in [2.05, 4.69) is 15.4 Å². The van der Waals surface area contributed by atoms with E-state index < -0.39 is 10.0 Å². The number of rotatable bonds is 9. The van der Waals surface area contributed by atoms with Gasteiger partial charge in [0.05, 0.1) is 4.90 Å². The number of hydrogen-bond acceptors (Lipinski definition) is 5. The summed E-state index contributed by atoms with van der Waals surface area (Å²) in [6.45, 7) is 1.58. The van der Waals surface area contributed by atoms with Crippen molar-refractivity contribution in [3.63, 3.8) is 0 Å². The summed E-state index contributed by atoms with van der Waals surface area (Å²) >= 11 is 1.48. The molecule has 0 fully saturated rings. The van der Waals surface area contributed by atoms with Crippen LogP contribution in [0.15, 0.2) is 46.7 Å². The van der Waals surface area contributed by atoms with Crippen LogP contribution < -0.4 is 15.4 Å². The number of benzene rings is 1. The Morgan fingerprint density at radius 2 is 2.00 bits per heavy atom. The summed E-state index contributed by atoms with van der Waals surface area (Å²) in [6, 6.07) is 9.78. The second kappa shape index (κ2) is 8.93. The fraction of sp³-hybridized carbons (Fsp3) is 0.312. The third-order valence-electron chi connectivity index (χ3n) is 3.31. The minimum Gasteiger partial charge on any atom is -0.352 e. The quantitative estimate of drug-likeness (QED) is 0.587. The zero-order chi connectivity index (χ0) is 17.4. The first-order chi connectivity index (χ1) is 11.5. The van der Waals surface area contributed by atoms with Gasteiger partial charge in [0.1, 0.15) is 0 Å². The molecule has 1 heterocycles. The second-order valence-electron chi connectivity index (χ2n) is 5.14. The highest BCUT2D eigenvalue weighted by Gasteiger charge is 2.16. The number of sulfonamides is 1. The summed E-state index contributed by atoms with van der Waals surface area (Å²) in [5.74, 6) is -0.276. The first-order valence-electron chi connectivity index (χ1n) is 7.58. The first-order valence-corrected chi connectivity index (χ1v) is 9.94. The molecule has 6 nitrogen and oxygen atoms in total. The molecular weight excluding hydrogens is 346 g/mol. The maximum Gasteiger partial charge on any atom is 0.251 e.